The zero-order valence-electron chi connectivity index (χ0n) is 9.75. The first-order valence-corrected chi connectivity index (χ1v) is 6.06. The Bertz CT molecular complexity index is 264. The van der Waals surface area contributed by atoms with E-state index in [2.05, 4.69) is 25.1 Å². The second kappa shape index (κ2) is 4.15. The molecule has 0 aromatic rings. The summed E-state index contributed by atoms with van der Waals surface area (Å²) in [5.41, 5.74) is 0.432. The van der Waals surface area contributed by atoms with Crippen LogP contribution in [0.1, 0.15) is 39.5 Å². The molecule has 1 spiro atoms. The summed E-state index contributed by atoms with van der Waals surface area (Å²) < 4.78 is 5.79. The minimum Gasteiger partial charge on any atom is -0.378 e. The van der Waals surface area contributed by atoms with Crippen molar-refractivity contribution in [3.8, 4) is 12.3 Å². The molecule has 2 nitrogen and oxygen atoms in total. The van der Waals surface area contributed by atoms with Gasteiger partial charge in [-0.2, -0.15) is 0 Å². The van der Waals surface area contributed by atoms with Gasteiger partial charge in [0.15, 0.2) is 0 Å². The number of terminal acetylenes is 1. The highest BCUT2D eigenvalue weighted by molar-refractivity contribution is 5.14. The number of ether oxygens (including phenoxy) is 1. The minimum atomic E-state index is 0.190. The van der Waals surface area contributed by atoms with Gasteiger partial charge in [0, 0.05) is 18.1 Å². The molecule has 2 saturated carbocycles. The Morgan fingerprint density at radius 2 is 2.33 bits per heavy atom. The van der Waals surface area contributed by atoms with Gasteiger partial charge in [0.2, 0.25) is 0 Å². The van der Waals surface area contributed by atoms with Crippen molar-refractivity contribution >= 4 is 0 Å². The van der Waals surface area contributed by atoms with Gasteiger partial charge in [0.1, 0.15) is 0 Å². The van der Waals surface area contributed by atoms with E-state index in [1.165, 1.54) is 19.3 Å². The summed E-state index contributed by atoms with van der Waals surface area (Å²) in [5, 5.41) is 3.53. The lowest BCUT2D eigenvalue weighted by atomic mass is 9.51. The minimum absolute atomic E-state index is 0.190. The molecule has 2 fully saturated rings. The fraction of sp³-hybridized carbons (Fsp3) is 0.846. The molecule has 2 aliphatic rings. The van der Waals surface area contributed by atoms with Gasteiger partial charge in [-0.05, 0) is 33.1 Å². The topological polar surface area (TPSA) is 21.3 Å². The van der Waals surface area contributed by atoms with Crippen LogP contribution in [0.5, 0.6) is 0 Å². The van der Waals surface area contributed by atoms with Crippen molar-refractivity contribution in [3.63, 3.8) is 0 Å². The van der Waals surface area contributed by atoms with Crippen LogP contribution in [0.25, 0.3) is 0 Å². The van der Waals surface area contributed by atoms with Crippen molar-refractivity contribution in [2.24, 2.45) is 5.41 Å². The smallest absolute Gasteiger partial charge is 0.0661 e. The molecule has 3 atom stereocenters. The van der Waals surface area contributed by atoms with E-state index in [0.717, 1.165) is 13.0 Å². The Labute approximate surface area is 92.8 Å². The van der Waals surface area contributed by atoms with Crippen molar-refractivity contribution in [1.29, 1.82) is 0 Å². The van der Waals surface area contributed by atoms with E-state index >= 15 is 0 Å². The van der Waals surface area contributed by atoms with Gasteiger partial charge in [0.05, 0.1) is 12.1 Å². The lowest BCUT2D eigenvalue weighted by Gasteiger charge is -2.61. The van der Waals surface area contributed by atoms with Crippen LogP contribution in [0.15, 0.2) is 0 Å². The summed E-state index contributed by atoms with van der Waals surface area (Å²) in [5.74, 6) is 2.74. The van der Waals surface area contributed by atoms with Crippen molar-refractivity contribution in [2.45, 2.75) is 57.7 Å². The first kappa shape index (κ1) is 11.0. The highest BCUT2D eigenvalue weighted by Crippen LogP contribution is 2.57. The lowest BCUT2D eigenvalue weighted by Crippen LogP contribution is -2.67. The quantitative estimate of drug-likeness (QED) is 0.711. The van der Waals surface area contributed by atoms with Gasteiger partial charge in [-0.3, -0.25) is 0 Å². The number of nitrogens with one attached hydrogen (secondary N) is 1. The largest absolute Gasteiger partial charge is 0.378 e. The molecule has 84 valence electrons. The molecule has 0 aromatic carbocycles. The Morgan fingerprint density at radius 3 is 2.80 bits per heavy atom. The Morgan fingerprint density at radius 1 is 1.60 bits per heavy atom. The molecule has 1 N–H and O–H groups in total. The summed E-state index contributed by atoms with van der Waals surface area (Å²) in [7, 11) is 0. The number of rotatable bonds is 4. The summed E-state index contributed by atoms with van der Waals surface area (Å²) in [6.07, 6.45) is 11.0. The molecule has 0 bridgehead atoms. The van der Waals surface area contributed by atoms with Crippen LogP contribution in [-0.4, -0.2) is 24.8 Å². The van der Waals surface area contributed by atoms with E-state index < -0.39 is 0 Å². The Kier molecular flexibility index (Phi) is 3.04. The predicted molar refractivity (Wildman–Crippen MR) is 61.5 cm³/mol. The molecule has 15 heavy (non-hydrogen) atoms. The summed E-state index contributed by atoms with van der Waals surface area (Å²) in [6, 6.07) is 0.781. The van der Waals surface area contributed by atoms with E-state index in [-0.39, 0.29) is 6.04 Å². The first-order chi connectivity index (χ1) is 7.23. The molecule has 0 amide bonds. The number of hydrogen-bond acceptors (Lipinski definition) is 2. The molecule has 2 rings (SSSR count). The standard InChI is InChI=1S/C13H21NO/c1-4-10(3)14-11-9-12(15-5-2)13(11)7-6-8-13/h1,10-12,14H,5-9H2,2-3H3. The van der Waals surface area contributed by atoms with Crippen LogP contribution < -0.4 is 5.32 Å². The molecule has 3 unspecified atom stereocenters. The van der Waals surface area contributed by atoms with Gasteiger partial charge >= 0.3 is 0 Å². The summed E-state index contributed by atoms with van der Waals surface area (Å²) in [4.78, 5) is 0. The van der Waals surface area contributed by atoms with Crippen molar-refractivity contribution in [2.75, 3.05) is 6.61 Å². The van der Waals surface area contributed by atoms with E-state index in [1.807, 2.05) is 0 Å². The van der Waals surface area contributed by atoms with E-state index in [4.69, 9.17) is 11.2 Å². The van der Waals surface area contributed by atoms with Crippen molar-refractivity contribution < 1.29 is 4.74 Å². The molecule has 0 aromatic heterocycles. The molecule has 0 radical (unpaired) electrons. The van der Waals surface area contributed by atoms with Crippen molar-refractivity contribution in [1.82, 2.24) is 5.32 Å². The molecular formula is C13H21NO. The molecule has 0 saturated heterocycles. The van der Waals surface area contributed by atoms with Gasteiger partial charge in [-0.25, -0.2) is 0 Å². The molecular weight excluding hydrogens is 186 g/mol. The van der Waals surface area contributed by atoms with Crippen molar-refractivity contribution in [3.05, 3.63) is 0 Å². The van der Waals surface area contributed by atoms with Gasteiger partial charge in [-0.1, -0.05) is 12.3 Å². The van der Waals surface area contributed by atoms with E-state index in [9.17, 15) is 0 Å². The predicted octanol–water partition coefficient (Wildman–Crippen LogP) is 1.95. The molecule has 2 aliphatic carbocycles. The average Bonchev–Trinajstić information content (AvgIpc) is 2.13. The van der Waals surface area contributed by atoms with Gasteiger partial charge in [-0.15, -0.1) is 6.42 Å². The van der Waals surface area contributed by atoms with Gasteiger partial charge in [0.25, 0.3) is 0 Å². The Balaban J connectivity index is 1.91. The normalized spacial score (nSPS) is 33.9. The molecule has 0 heterocycles. The second-order valence-electron chi connectivity index (χ2n) is 4.87. The van der Waals surface area contributed by atoms with Crippen LogP contribution in [0, 0.1) is 17.8 Å². The fourth-order valence-electron chi connectivity index (χ4n) is 3.02. The van der Waals surface area contributed by atoms with Crippen LogP contribution in [0.3, 0.4) is 0 Å². The summed E-state index contributed by atoms with van der Waals surface area (Å²) in [6.45, 7) is 4.97. The maximum Gasteiger partial charge on any atom is 0.0661 e. The second-order valence-corrected chi connectivity index (χ2v) is 4.87. The highest BCUT2D eigenvalue weighted by Gasteiger charge is 2.58. The van der Waals surface area contributed by atoms with Crippen LogP contribution in [0.4, 0.5) is 0 Å². The molecule has 2 heteroatoms. The highest BCUT2D eigenvalue weighted by atomic mass is 16.5. The van der Waals surface area contributed by atoms with Crippen LogP contribution >= 0.6 is 0 Å². The maximum atomic E-state index is 5.79. The third-order valence-corrected chi connectivity index (χ3v) is 4.14. The van der Waals surface area contributed by atoms with Crippen LogP contribution in [-0.2, 0) is 4.74 Å². The zero-order chi connectivity index (χ0) is 10.9. The first-order valence-electron chi connectivity index (χ1n) is 6.06. The summed E-state index contributed by atoms with van der Waals surface area (Å²) >= 11 is 0. The monoisotopic (exact) mass is 207 g/mol. The SMILES string of the molecule is C#CC(C)NC1CC(OCC)C12CCC2. The fourth-order valence-corrected chi connectivity index (χ4v) is 3.02. The van der Waals surface area contributed by atoms with Crippen LogP contribution in [0.2, 0.25) is 0 Å². The Hall–Kier alpha value is -0.520. The maximum absolute atomic E-state index is 5.79. The van der Waals surface area contributed by atoms with E-state index in [1.54, 1.807) is 0 Å². The average molecular weight is 207 g/mol. The van der Waals surface area contributed by atoms with Gasteiger partial charge < -0.3 is 10.1 Å². The number of hydrogen-bond donors (Lipinski definition) is 1. The zero-order valence-corrected chi connectivity index (χ0v) is 9.75. The third kappa shape index (κ3) is 1.68. The molecule has 0 aliphatic heterocycles. The lowest BCUT2D eigenvalue weighted by molar-refractivity contribution is -0.173. The third-order valence-electron chi connectivity index (χ3n) is 4.14. The van der Waals surface area contributed by atoms with E-state index in [0.29, 0.717) is 17.6 Å².